The summed E-state index contributed by atoms with van der Waals surface area (Å²) >= 11 is 6.71. The van der Waals surface area contributed by atoms with Crippen LogP contribution in [0.1, 0.15) is 11.6 Å². The van der Waals surface area contributed by atoms with Gasteiger partial charge in [0.05, 0.1) is 0 Å². The van der Waals surface area contributed by atoms with Crippen molar-refractivity contribution in [1.82, 2.24) is 0 Å². The van der Waals surface area contributed by atoms with Crippen molar-refractivity contribution in [2.75, 3.05) is 11.2 Å². The van der Waals surface area contributed by atoms with Crippen LogP contribution in [0.4, 0.5) is 5.69 Å². The molecule has 1 aliphatic heterocycles. The number of nitrogens with zero attached hydrogens (tertiary/aromatic N) is 1. The Bertz CT molecular complexity index is 968. The Hall–Kier alpha value is -1.64. The van der Waals surface area contributed by atoms with Crippen molar-refractivity contribution in [3.8, 4) is 0 Å². The monoisotopic (exact) mass is 484 g/mol. The molecule has 0 bridgehead atoms. The van der Waals surface area contributed by atoms with E-state index in [4.69, 9.17) is 5.73 Å². The summed E-state index contributed by atoms with van der Waals surface area (Å²) in [6.07, 6.45) is 1.07. The zero-order chi connectivity index (χ0) is 18.4. The quantitative estimate of drug-likeness (QED) is 0.721. The van der Waals surface area contributed by atoms with E-state index >= 15 is 0 Å². The molecule has 0 spiro atoms. The minimum absolute atomic E-state index is 0.0669. The van der Waals surface area contributed by atoms with Crippen molar-refractivity contribution in [2.24, 2.45) is 5.73 Å². The van der Waals surface area contributed by atoms with Gasteiger partial charge in [0, 0.05) is 20.9 Å². The Balaban J connectivity index is 2.22. The molecular weight excluding hydrogens is 472 g/mol. The standard InChI is InChI=1S/C17H14Br2N2O3S/c1-25(23,24)16-14(20)17(22)21(13-8-6-12(19)7-9-13)15(16)10-2-4-11(18)5-3-10/h2-9,15H,20H2,1H3. The van der Waals surface area contributed by atoms with Gasteiger partial charge in [-0.2, -0.15) is 0 Å². The maximum atomic E-state index is 12.8. The molecule has 0 radical (unpaired) electrons. The van der Waals surface area contributed by atoms with Crippen molar-refractivity contribution in [1.29, 1.82) is 0 Å². The fourth-order valence-corrected chi connectivity index (χ4v) is 4.50. The van der Waals surface area contributed by atoms with Crippen LogP contribution >= 0.6 is 31.9 Å². The van der Waals surface area contributed by atoms with Gasteiger partial charge in [0.2, 0.25) is 0 Å². The number of benzene rings is 2. The van der Waals surface area contributed by atoms with Crippen LogP contribution in [-0.2, 0) is 14.6 Å². The molecule has 0 aliphatic carbocycles. The van der Waals surface area contributed by atoms with Crippen LogP contribution in [0.2, 0.25) is 0 Å². The van der Waals surface area contributed by atoms with Crippen molar-refractivity contribution in [3.63, 3.8) is 0 Å². The van der Waals surface area contributed by atoms with Crippen LogP contribution in [0.3, 0.4) is 0 Å². The summed E-state index contributed by atoms with van der Waals surface area (Å²) in [5, 5.41) is 0. The summed E-state index contributed by atoms with van der Waals surface area (Å²) in [5.41, 5.74) is 6.92. The first-order valence-corrected chi connectivity index (χ1v) is 10.7. The van der Waals surface area contributed by atoms with Gasteiger partial charge >= 0.3 is 0 Å². The lowest BCUT2D eigenvalue weighted by Crippen LogP contribution is -2.31. The lowest BCUT2D eigenvalue weighted by atomic mass is 10.1. The Morgan fingerprint density at radius 2 is 1.44 bits per heavy atom. The zero-order valence-corrected chi connectivity index (χ0v) is 17.1. The summed E-state index contributed by atoms with van der Waals surface area (Å²) < 4.78 is 26.4. The lowest BCUT2D eigenvalue weighted by molar-refractivity contribution is -0.114. The van der Waals surface area contributed by atoms with Crippen LogP contribution in [0.15, 0.2) is 68.1 Å². The Labute approximate surface area is 162 Å². The van der Waals surface area contributed by atoms with Crippen molar-refractivity contribution >= 4 is 53.3 Å². The largest absolute Gasteiger partial charge is 0.393 e. The van der Waals surface area contributed by atoms with E-state index in [1.165, 1.54) is 4.90 Å². The third-order valence-electron chi connectivity index (χ3n) is 3.91. The highest BCUT2D eigenvalue weighted by atomic mass is 79.9. The van der Waals surface area contributed by atoms with Crippen LogP contribution < -0.4 is 10.6 Å². The molecule has 1 unspecified atom stereocenters. The van der Waals surface area contributed by atoms with Crippen LogP contribution in [-0.4, -0.2) is 20.6 Å². The molecule has 0 saturated heterocycles. The van der Waals surface area contributed by atoms with Crippen molar-refractivity contribution < 1.29 is 13.2 Å². The molecule has 0 fully saturated rings. The molecule has 25 heavy (non-hydrogen) atoms. The third kappa shape index (κ3) is 3.38. The van der Waals surface area contributed by atoms with E-state index in [0.717, 1.165) is 15.2 Å². The van der Waals surface area contributed by atoms with Gasteiger partial charge < -0.3 is 5.73 Å². The normalized spacial score (nSPS) is 18.1. The van der Waals surface area contributed by atoms with E-state index in [9.17, 15) is 13.2 Å². The highest BCUT2D eigenvalue weighted by molar-refractivity contribution is 9.10. The number of halogens is 2. The first kappa shape index (κ1) is 18.2. The number of hydrogen-bond acceptors (Lipinski definition) is 4. The molecular formula is C17H14Br2N2O3S. The first-order valence-electron chi connectivity index (χ1n) is 7.24. The van der Waals surface area contributed by atoms with E-state index < -0.39 is 21.8 Å². The summed E-state index contributed by atoms with van der Waals surface area (Å²) in [6, 6.07) is 13.4. The molecule has 2 N–H and O–H groups in total. The second-order valence-electron chi connectivity index (χ2n) is 5.66. The number of amides is 1. The van der Waals surface area contributed by atoms with Crippen molar-refractivity contribution in [3.05, 3.63) is 73.6 Å². The second-order valence-corrected chi connectivity index (χ2v) is 9.47. The number of carbonyl (C=O) groups is 1. The molecule has 0 aromatic heterocycles. The molecule has 3 rings (SSSR count). The van der Waals surface area contributed by atoms with E-state index in [-0.39, 0.29) is 10.6 Å². The van der Waals surface area contributed by atoms with E-state index in [0.29, 0.717) is 11.3 Å². The average molecular weight is 486 g/mol. The molecule has 2 aromatic rings. The van der Waals surface area contributed by atoms with Gasteiger partial charge in [0.15, 0.2) is 9.84 Å². The first-order chi connectivity index (χ1) is 11.7. The van der Waals surface area contributed by atoms with Gasteiger partial charge in [-0.15, -0.1) is 0 Å². The number of hydrogen-bond donors (Lipinski definition) is 1. The van der Waals surface area contributed by atoms with E-state index in [1.807, 2.05) is 0 Å². The number of sulfone groups is 1. The molecule has 1 atom stereocenters. The predicted molar refractivity (Wildman–Crippen MR) is 105 cm³/mol. The predicted octanol–water partition coefficient (Wildman–Crippen LogP) is 3.51. The summed E-state index contributed by atoms with van der Waals surface area (Å²) in [5.74, 6) is -0.518. The topological polar surface area (TPSA) is 80.5 Å². The van der Waals surface area contributed by atoms with Gasteiger partial charge in [-0.3, -0.25) is 9.69 Å². The molecule has 2 aromatic carbocycles. The third-order valence-corrected chi connectivity index (χ3v) is 6.21. The Kier molecular flexibility index (Phi) is 4.78. The summed E-state index contributed by atoms with van der Waals surface area (Å²) in [7, 11) is -3.67. The second kappa shape index (κ2) is 6.59. The van der Waals surface area contributed by atoms with Crippen LogP contribution in [0.5, 0.6) is 0 Å². The number of rotatable bonds is 3. The zero-order valence-electron chi connectivity index (χ0n) is 13.1. The highest BCUT2D eigenvalue weighted by Crippen LogP contribution is 2.42. The summed E-state index contributed by atoms with van der Waals surface area (Å²) in [6.45, 7) is 0. The lowest BCUT2D eigenvalue weighted by Gasteiger charge is -2.27. The highest BCUT2D eigenvalue weighted by Gasteiger charge is 2.44. The van der Waals surface area contributed by atoms with Crippen LogP contribution in [0.25, 0.3) is 0 Å². The molecule has 1 aliphatic rings. The molecule has 5 nitrogen and oxygen atoms in total. The van der Waals surface area contributed by atoms with Gasteiger partial charge in [0.1, 0.15) is 16.6 Å². The molecule has 8 heteroatoms. The Morgan fingerprint density at radius 1 is 0.960 bits per heavy atom. The maximum absolute atomic E-state index is 12.8. The number of anilines is 1. The SMILES string of the molecule is CS(=O)(=O)C1=C(N)C(=O)N(c2ccc(Br)cc2)C1c1ccc(Br)cc1. The minimum Gasteiger partial charge on any atom is -0.393 e. The fraction of sp³-hybridized carbons (Fsp3) is 0.118. The van der Waals surface area contributed by atoms with Crippen molar-refractivity contribution in [2.45, 2.75) is 6.04 Å². The van der Waals surface area contributed by atoms with E-state index in [1.54, 1.807) is 48.5 Å². The molecule has 0 saturated carbocycles. The molecule has 1 heterocycles. The van der Waals surface area contributed by atoms with E-state index in [2.05, 4.69) is 31.9 Å². The molecule has 1 amide bonds. The minimum atomic E-state index is -3.67. The van der Waals surface area contributed by atoms with Gasteiger partial charge in [-0.1, -0.05) is 44.0 Å². The molecule has 130 valence electrons. The fourth-order valence-electron chi connectivity index (χ4n) is 2.83. The van der Waals surface area contributed by atoms with Crippen LogP contribution in [0, 0.1) is 0 Å². The number of carbonyl (C=O) groups excluding carboxylic acids is 1. The van der Waals surface area contributed by atoms with Gasteiger partial charge in [0.25, 0.3) is 5.91 Å². The van der Waals surface area contributed by atoms with Gasteiger partial charge in [-0.25, -0.2) is 8.42 Å². The maximum Gasteiger partial charge on any atom is 0.276 e. The summed E-state index contributed by atoms with van der Waals surface area (Å²) in [4.78, 5) is 14.1. The van der Waals surface area contributed by atoms with Gasteiger partial charge in [-0.05, 0) is 42.0 Å². The Morgan fingerprint density at radius 3 is 1.92 bits per heavy atom. The average Bonchev–Trinajstić information content (AvgIpc) is 2.81. The number of nitrogens with two attached hydrogens (primary N) is 1. The smallest absolute Gasteiger partial charge is 0.276 e.